The molecule has 0 fully saturated rings. The fourth-order valence-corrected chi connectivity index (χ4v) is 3.26. The molecule has 0 aliphatic carbocycles. The van der Waals surface area contributed by atoms with Crippen molar-refractivity contribution in [2.75, 3.05) is 11.9 Å². The molecule has 0 saturated heterocycles. The maximum absolute atomic E-state index is 12.6. The normalized spacial score (nSPS) is 12.0. The molecule has 5 nitrogen and oxygen atoms in total. The van der Waals surface area contributed by atoms with Gasteiger partial charge in [-0.05, 0) is 43.3 Å². The smallest absolute Gasteiger partial charge is 0.277 e. The number of halogens is 1. The first-order chi connectivity index (χ1) is 12.0. The maximum Gasteiger partial charge on any atom is 0.277 e. The molecule has 0 spiro atoms. The molecule has 3 rings (SSSR count). The van der Waals surface area contributed by atoms with Crippen LogP contribution in [0.4, 0.5) is 5.69 Å². The summed E-state index contributed by atoms with van der Waals surface area (Å²) in [7, 11) is 1.76. The average Bonchev–Trinajstić information content (AvgIpc) is 3.10. The van der Waals surface area contributed by atoms with Crippen molar-refractivity contribution in [1.82, 2.24) is 10.2 Å². The van der Waals surface area contributed by atoms with E-state index < -0.39 is 0 Å². The Bertz CT molecular complexity index is 852. The number of anilines is 1. The summed E-state index contributed by atoms with van der Waals surface area (Å²) in [5.41, 5.74) is 1.68. The topological polar surface area (TPSA) is 59.2 Å². The van der Waals surface area contributed by atoms with Crippen molar-refractivity contribution in [3.63, 3.8) is 0 Å². The quantitative estimate of drug-likeness (QED) is 0.565. The first-order valence-electron chi connectivity index (χ1n) is 7.63. The van der Waals surface area contributed by atoms with Crippen LogP contribution < -0.4 is 4.90 Å². The SMILES string of the molecule is CC(Sc1nnc(-c2ccc(Br)cc2)o1)C(=O)N(C)c1ccccc1. The van der Waals surface area contributed by atoms with E-state index in [1.54, 1.807) is 11.9 Å². The second kappa shape index (κ2) is 7.84. The van der Waals surface area contributed by atoms with Gasteiger partial charge in [0, 0.05) is 22.8 Å². The first kappa shape index (κ1) is 17.7. The van der Waals surface area contributed by atoms with E-state index in [1.807, 2.05) is 61.5 Å². The van der Waals surface area contributed by atoms with E-state index in [0.29, 0.717) is 11.1 Å². The summed E-state index contributed by atoms with van der Waals surface area (Å²) in [6, 6.07) is 17.1. The van der Waals surface area contributed by atoms with E-state index >= 15 is 0 Å². The van der Waals surface area contributed by atoms with Crippen LogP contribution in [-0.2, 0) is 4.79 Å². The van der Waals surface area contributed by atoms with Gasteiger partial charge in [-0.1, -0.05) is 45.9 Å². The summed E-state index contributed by atoms with van der Waals surface area (Å²) in [4.78, 5) is 14.2. The number of carbonyl (C=O) groups excluding carboxylic acids is 1. The highest BCUT2D eigenvalue weighted by Crippen LogP contribution is 2.28. The van der Waals surface area contributed by atoms with Gasteiger partial charge in [-0.25, -0.2) is 0 Å². The van der Waals surface area contributed by atoms with Crippen LogP contribution in [0.5, 0.6) is 0 Å². The number of aromatic nitrogens is 2. The summed E-state index contributed by atoms with van der Waals surface area (Å²) in [5.74, 6) is 0.408. The number of thioether (sulfide) groups is 1. The molecule has 7 heteroatoms. The lowest BCUT2D eigenvalue weighted by atomic mass is 10.2. The fraction of sp³-hybridized carbons (Fsp3) is 0.167. The Morgan fingerprint density at radius 2 is 1.80 bits per heavy atom. The van der Waals surface area contributed by atoms with Gasteiger partial charge in [-0.3, -0.25) is 4.79 Å². The summed E-state index contributed by atoms with van der Waals surface area (Å²) < 4.78 is 6.65. The van der Waals surface area contributed by atoms with Crippen LogP contribution >= 0.6 is 27.7 Å². The molecule has 128 valence electrons. The van der Waals surface area contributed by atoms with Gasteiger partial charge in [-0.15, -0.1) is 10.2 Å². The van der Waals surface area contributed by atoms with Crippen LogP contribution in [0.3, 0.4) is 0 Å². The molecule has 1 aromatic heterocycles. The molecule has 2 aromatic carbocycles. The van der Waals surface area contributed by atoms with Crippen LogP contribution in [0.1, 0.15) is 6.92 Å². The second-order valence-corrected chi connectivity index (χ2v) is 7.58. The second-order valence-electron chi connectivity index (χ2n) is 5.37. The van der Waals surface area contributed by atoms with E-state index in [9.17, 15) is 4.79 Å². The zero-order valence-electron chi connectivity index (χ0n) is 13.7. The molecule has 0 aliphatic rings. The Kier molecular flexibility index (Phi) is 5.55. The number of nitrogens with zero attached hydrogens (tertiary/aromatic N) is 3. The number of para-hydroxylation sites is 1. The molecule has 1 heterocycles. The van der Waals surface area contributed by atoms with Gasteiger partial charge >= 0.3 is 0 Å². The van der Waals surface area contributed by atoms with E-state index in [0.717, 1.165) is 15.7 Å². The summed E-state index contributed by atoms with van der Waals surface area (Å²) >= 11 is 4.64. The van der Waals surface area contributed by atoms with Gasteiger partial charge in [0.15, 0.2) is 0 Å². The van der Waals surface area contributed by atoms with Crippen molar-refractivity contribution in [2.24, 2.45) is 0 Å². The van der Waals surface area contributed by atoms with Crippen molar-refractivity contribution in [1.29, 1.82) is 0 Å². The minimum atomic E-state index is -0.344. The van der Waals surface area contributed by atoms with Crippen LogP contribution in [0.15, 0.2) is 68.7 Å². The highest BCUT2D eigenvalue weighted by molar-refractivity contribution is 9.10. The molecule has 0 saturated carbocycles. The third-order valence-corrected chi connectivity index (χ3v) is 5.05. The number of hydrogen-bond acceptors (Lipinski definition) is 5. The van der Waals surface area contributed by atoms with Gasteiger partial charge in [0.05, 0.1) is 5.25 Å². The number of rotatable bonds is 5. The highest BCUT2D eigenvalue weighted by atomic mass is 79.9. The predicted octanol–water partition coefficient (Wildman–Crippen LogP) is 4.64. The number of benzene rings is 2. The van der Waals surface area contributed by atoms with E-state index in [1.165, 1.54) is 11.8 Å². The number of hydrogen-bond donors (Lipinski definition) is 0. The lowest BCUT2D eigenvalue weighted by molar-refractivity contribution is -0.117. The molecule has 1 atom stereocenters. The van der Waals surface area contributed by atoms with Crippen molar-refractivity contribution >= 4 is 39.3 Å². The van der Waals surface area contributed by atoms with Gasteiger partial charge in [-0.2, -0.15) is 0 Å². The van der Waals surface area contributed by atoms with Crippen molar-refractivity contribution in [3.05, 3.63) is 59.1 Å². The molecule has 0 bridgehead atoms. The standard InChI is InChI=1S/C18H16BrN3O2S/c1-12(17(23)22(2)15-6-4-3-5-7-15)25-18-21-20-16(24-18)13-8-10-14(19)11-9-13/h3-12H,1-2H3. The predicted molar refractivity (Wildman–Crippen MR) is 103 cm³/mol. The van der Waals surface area contributed by atoms with Crippen molar-refractivity contribution in [2.45, 2.75) is 17.4 Å². The molecule has 0 radical (unpaired) electrons. The third kappa shape index (κ3) is 4.29. The zero-order chi connectivity index (χ0) is 17.8. The van der Waals surface area contributed by atoms with E-state index in [2.05, 4.69) is 26.1 Å². The van der Waals surface area contributed by atoms with Gasteiger partial charge in [0.25, 0.3) is 5.22 Å². The Morgan fingerprint density at radius 3 is 2.48 bits per heavy atom. The maximum atomic E-state index is 12.6. The highest BCUT2D eigenvalue weighted by Gasteiger charge is 2.22. The lowest BCUT2D eigenvalue weighted by Gasteiger charge is -2.20. The minimum Gasteiger partial charge on any atom is -0.411 e. The van der Waals surface area contributed by atoms with Gasteiger partial charge in [0.1, 0.15) is 0 Å². The molecule has 1 amide bonds. The van der Waals surface area contributed by atoms with E-state index in [-0.39, 0.29) is 11.2 Å². The average molecular weight is 418 g/mol. The van der Waals surface area contributed by atoms with E-state index in [4.69, 9.17) is 4.42 Å². The number of amides is 1. The molecular weight excluding hydrogens is 402 g/mol. The van der Waals surface area contributed by atoms with Gasteiger partial charge in [0.2, 0.25) is 11.8 Å². The fourth-order valence-electron chi connectivity index (χ4n) is 2.22. The zero-order valence-corrected chi connectivity index (χ0v) is 16.1. The minimum absolute atomic E-state index is 0.0282. The largest absolute Gasteiger partial charge is 0.411 e. The van der Waals surface area contributed by atoms with Crippen LogP contribution in [0.2, 0.25) is 0 Å². The summed E-state index contributed by atoms with van der Waals surface area (Å²) in [5, 5.41) is 8.12. The first-order valence-corrected chi connectivity index (χ1v) is 9.30. The molecular formula is C18H16BrN3O2S. The molecule has 1 unspecified atom stereocenters. The van der Waals surface area contributed by atoms with Crippen LogP contribution in [0, 0.1) is 0 Å². The Hall–Kier alpha value is -2.12. The monoisotopic (exact) mass is 417 g/mol. The van der Waals surface area contributed by atoms with Crippen LogP contribution in [-0.4, -0.2) is 28.4 Å². The molecule has 0 aliphatic heterocycles. The molecule has 25 heavy (non-hydrogen) atoms. The van der Waals surface area contributed by atoms with Gasteiger partial charge < -0.3 is 9.32 Å². The Morgan fingerprint density at radius 1 is 1.12 bits per heavy atom. The van der Waals surface area contributed by atoms with Crippen molar-refractivity contribution in [3.8, 4) is 11.5 Å². The third-order valence-electron chi connectivity index (χ3n) is 3.60. The summed E-state index contributed by atoms with van der Waals surface area (Å²) in [6.07, 6.45) is 0. The van der Waals surface area contributed by atoms with Crippen LogP contribution in [0.25, 0.3) is 11.5 Å². The molecule has 0 N–H and O–H groups in total. The summed E-state index contributed by atoms with van der Waals surface area (Å²) in [6.45, 7) is 1.83. The Balaban J connectivity index is 1.68. The lowest BCUT2D eigenvalue weighted by Crippen LogP contribution is -2.33. The molecule has 3 aromatic rings. The Labute approximate surface area is 158 Å². The number of carbonyl (C=O) groups is 1. The van der Waals surface area contributed by atoms with Crippen molar-refractivity contribution < 1.29 is 9.21 Å².